The van der Waals surface area contributed by atoms with E-state index in [1.165, 1.54) is 16.2 Å². The molecule has 2 rings (SSSR count). The molecule has 4 nitrogen and oxygen atoms in total. The van der Waals surface area contributed by atoms with E-state index >= 15 is 0 Å². The quantitative estimate of drug-likeness (QED) is 0.891. The van der Waals surface area contributed by atoms with Crippen molar-refractivity contribution in [3.8, 4) is 0 Å². The zero-order valence-electron chi connectivity index (χ0n) is 11.2. The normalized spacial score (nSPS) is 22.4. The molecule has 2 unspecified atom stereocenters. The van der Waals surface area contributed by atoms with Gasteiger partial charge in [-0.3, -0.25) is 9.59 Å². The third-order valence-electron chi connectivity index (χ3n) is 3.72. The van der Waals surface area contributed by atoms with Crippen molar-refractivity contribution in [3.63, 3.8) is 0 Å². The van der Waals surface area contributed by atoms with Crippen LogP contribution in [0.4, 0.5) is 0 Å². The molecule has 0 spiro atoms. The van der Waals surface area contributed by atoms with Gasteiger partial charge in [0.2, 0.25) is 0 Å². The molecule has 1 aliphatic rings. The van der Waals surface area contributed by atoms with E-state index in [-0.39, 0.29) is 11.9 Å². The second kappa shape index (κ2) is 5.74. The molecule has 1 saturated carbocycles. The number of hydrogen-bond acceptors (Lipinski definition) is 3. The Bertz CT molecular complexity index is 495. The molecule has 0 bridgehead atoms. The number of amides is 1. The Morgan fingerprint density at radius 1 is 1.47 bits per heavy atom. The molecule has 1 aliphatic carbocycles. The first-order valence-corrected chi connectivity index (χ1v) is 7.47. The van der Waals surface area contributed by atoms with E-state index in [1.54, 1.807) is 0 Å². The fourth-order valence-corrected chi connectivity index (χ4v) is 3.67. The lowest BCUT2D eigenvalue weighted by atomic mass is 10.0. The second-order valence-electron chi connectivity index (χ2n) is 5.03. The van der Waals surface area contributed by atoms with Crippen molar-refractivity contribution in [1.29, 1.82) is 0 Å². The van der Waals surface area contributed by atoms with E-state index in [0.717, 1.165) is 24.8 Å². The Kier molecular flexibility index (Phi) is 4.24. The topological polar surface area (TPSA) is 66.4 Å². The highest BCUT2D eigenvalue weighted by molar-refractivity contribution is 7.14. The van der Waals surface area contributed by atoms with Gasteiger partial charge in [-0.15, -0.1) is 11.3 Å². The van der Waals surface area contributed by atoms with Crippen LogP contribution in [0.3, 0.4) is 0 Å². The molecule has 1 fully saturated rings. The number of rotatable bonds is 4. The molecule has 1 aromatic rings. The van der Waals surface area contributed by atoms with E-state index in [9.17, 15) is 9.59 Å². The van der Waals surface area contributed by atoms with E-state index in [2.05, 4.69) is 12.2 Å². The molecule has 1 amide bonds. The molecule has 1 aromatic heterocycles. The Labute approximate surface area is 116 Å². The summed E-state index contributed by atoms with van der Waals surface area (Å²) >= 11 is 1.50. The number of carbonyl (C=O) groups excluding carboxylic acids is 1. The first-order valence-electron chi connectivity index (χ1n) is 6.66. The fraction of sp³-hybridized carbons (Fsp3) is 0.571. The maximum Gasteiger partial charge on any atom is 0.308 e. The fourth-order valence-electron chi connectivity index (χ4n) is 2.65. The Balaban J connectivity index is 2.06. The Morgan fingerprint density at radius 3 is 2.79 bits per heavy atom. The van der Waals surface area contributed by atoms with Crippen molar-refractivity contribution in [2.75, 3.05) is 0 Å². The summed E-state index contributed by atoms with van der Waals surface area (Å²) < 4.78 is 0. The van der Waals surface area contributed by atoms with Crippen LogP contribution in [0.2, 0.25) is 0 Å². The molecule has 1 heterocycles. The van der Waals surface area contributed by atoms with Crippen LogP contribution in [0.25, 0.3) is 0 Å². The second-order valence-corrected chi connectivity index (χ2v) is 6.16. The zero-order chi connectivity index (χ0) is 14.0. The van der Waals surface area contributed by atoms with Gasteiger partial charge in [0, 0.05) is 10.9 Å². The van der Waals surface area contributed by atoms with Crippen molar-refractivity contribution in [2.45, 2.75) is 45.6 Å². The van der Waals surface area contributed by atoms with Crippen LogP contribution < -0.4 is 5.32 Å². The first kappa shape index (κ1) is 14.1. The molecular formula is C14H19NO3S. The minimum absolute atomic E-state index is 0.133. The summed E-state index contributed by atoms with van der Waals surface area (Å²) in [6.45, 7) is 4.07. The minimum atomic E-state index is -0.806. The highest BCUT2D eigenvalue weighted by atomic mass is 32.1. The highest BCUT2D eigenvalue weighted by Gasteiger charge is 2.34. The van der Waals surface area contributed by atoms with Gasteiger partial charge in [0.1, 0.15) is 0 Å². The van der Waals surface area contributed by atoms with Gasteiger partial charge in [0.15, 0.2) is 0 Å². The monoisotopic (exact) mass is 281 g/mol. The zero-order valence-corrected chi connectivity index (χ0v) is 12.0. The predicted molar refractivity (Wildman–Crippen MR) is 74.7 cm³/mol. The van der Waals surface area contributed by atoms with Crippen molar-refractivity contribution >= 4 is 23.2 Å². The van der Waals surface area contributed by atoms with Crippen molar-refractivity contribution in [1.82, 2.24) is 5.32 Å². The van der Waals surface area contributed by atoms with Crippen LogP contribution in [-0.2, 0) is 11.2 Å². The van der Waals surface area contributed by atoms with Gasteiger partial charge in [0.25, 0.3) is 5.91 Å². The van der Waals surface area contributed by atoms with Crippen LogP contribution in [0.15, 0.2) is 6.07 Å². The number of aliphatic carboxylic acids is 1. The number of thiophene rings is 1. The SMILES string of the molecule is CCc1sc(C(=O)NC2CCCC2C(=O)O)cc1C. The molecule has 19 heavy (non-hydrogen) atoms. The van der Waals surface area contributed by atoms with Crippen molar-refractivity contribution < 1.29 is 14.7 Å². The maximum absolute atomic E-state index is 12.2. The lowest BCUT2D eigenvalue weighted by Gasteiger charge is -2.16. The predicted octanol–water partition coefficient (Wildman–Crippen LogP) is 2.60. The van der Waals surface area contributed by atoms with E-state index in [1.807, 2.05) is 13.0 Å². The summed E-state index contributed by atoms with van der Waals surface area (Å²) in [7, 11) is 0. The highest BCUT2D eigenvalue weighted by Crippen LogP contribution is 2.27. The van der Waals surface area contributed by atoms with Gasteiger partial charge in [-0.05, 0) is 37.8 Å². The molecule has 0 aromatic carbocycles. The van der Waals surface area contributed by atoms with Gasteiger partial charge >= 0.3 is 5.97 Å². The average molecular weight is 281 g/mol. The minimum Gasteiger partial charge on any atom is -0.481 e. The number of carboxylic acid groups (broad SMARTS) is 1. The molecule has 0 saturated heterocycles. The van der Waals surface area contributed by atoms with Crippen molar-refractivity contribution in [3.05, 3.63) is 21.4 Å². The van der Waals surface area contributed by atoms with Crippen LogP contribution in [0, 0.1) is 12.8 Å². The van der Waals surface area contributed by atoms with Gasteiger partial charge in [0.05, 0.1) is 10.8 Å². The smallest absolute Gasteiger partial charge is 0.308 e. The molecule has 5 heteroatoms. The lowest BCUT2D eigenvalue weighted by molar-refractivity contribution is -0.142. The number of carboxylic acids is 1. The summed E-state index contributed by atoms with van der Waals surface area (Å²) in [4.78, 5) is 25.1. The standard InChI is InChI=1S/C14H19NO3S/c1-3-11-8(2)7-12(19-11)13(16)15-10-6-4-5-9(10)14(17)18/h7,9-10H,3-6H2,1-2H3,(H,15,16)(H,17,18). The summed E-state index contributed by atoms with van der Waals surface area (Å²) in [5.74, 6) is -1.37. The largest absolute Gasteiger partial charge is 0.481 e. The molecule has 2 atom stereocenters. The average Bonchev–Trinajstić information content (AvgIpc) is 2.95. The van der Waals surface area contributed by atoms with Gasteiger partial charge in [-0.1, -0.05) is 13.3 Å². The number of carbonyl (C=O) groups is 2. The van der Waals surface area contributed by atoms with Crippen LogP contribution in [-0.4, -0.2) is 23.0 Å². The third kappa shape index (κ3) is 2.97. The summed E-state index contributed by atoms with van der Waals surface area (Å²) in [5, 5.41) is 12.0. The summed E-state index contributed by atoms with van der Waals surface area (Å²) in [6.07, 6.45) is 3.20. The maximum atomic E-state index is 12.2. The molecular weight excluding hydrogens is 262 g/mol. The van der Waals surface area contributed by atoms with E-state index in [0.29, 0.717) is 11.3 Å². The molecule has 104 valence electrons. The summed E-state index contributed by atoms with van der Waals surface area (Å²) in [5.41, 5.74) is 1.14. The van der Waals surface area contributed by atoms with Gasteiger partial charge in [-0.2, -0.15) is 0 Å². The third-order valence-corrected chi connectivity index (χ3v) is 5.10. The lowest BCUT2D eigenvalue weighted by Crippen LogP contribution is -2.39. The van der Waals surface area contributed by atoms with E-state index < -0.39 is 11.9 Å². The Morgan fingerprint density at radius 2 is 2.21 bits per heavy atom. The van der Waals surface area contributed by atoms with Crippen molar-refractivity contribution in [2.24, 2.45) is 5.92 Å². The number of nitrogens with one attached hydrogen (secondary N) is 1. The number of aryl methyl sites for hydroxylation is 2. The van der Waals surface area contributed by atoms with Crippen LogP contribution >= 0.6 is 11.3 Å². The summed E-state index contributed by atoms with van der Waals surface area (Å²) in [6, 6.07) is 1.67. The van der Waals surface area contributed by atoms with Gasteiger partial charge in [-0.25, -0.2) is 0 Å². The molecule has 0 aliphatic heterocycles. The number of hydrogen-bond donors (Lipinski definition) is 2. The van der Waals surface area contributed by atoms with Crippen LogP contribution in [0.1, 0.15) is 46.3 Å². The van der Waals surface area contributed by atoms with Gasteiger partial charge < -0.3 is 10.4 Å². The first-order chi connectivity index (χ1) is 9.02. The van der Waals surface area contributed by atoms with Crippen LogP contribution in [0.5, 0.6) is 0 Å². The van der Waals surface area contributed by atoms with E-state index in [4.69, 9.17) is 5.11 Å². The molecule has 0 radical (unpaired) electrons. The Hall–Kier alpha value is -1.36. The molecule has 2 N–H and O–H groups in total.